The zero-order valence-corrected chi connectivity index (χ0v) is 17.6. The molecule has 30 heavy (non-hydrogen) atoms. The van der Waals surface area contributed by atoms with Gasteiger partial charge in [0, 0.05) is 63.6 Å². The van der Waals surface area contributed by atoms with E-state index in [0.29, 0.717) is 24.8 Å². The molecule has 0 atom stereocenters. The van der Waals surface area contributed by atoms with Gasteiger partial charge in [-0.05, 0) is 23.8 Å². The Morgan fingerprint density at radius 1 is 1.17 bits per heavy atom. The molecule has 0 saturated carbocycles. The van der Waals surface area contributed by atoms with Gasteiger partial charge < -0.3 is 10.2 Å². The minimum atomic E-state index is -0.433. The number of nitro benzene ring substituents is 1. The van der Waals surface area contributed by atoms with Crippen LogP contribution < -0.4 is 5.32 Å². The van der Waals surface area contributed by atoms with Crippen LogP contribution in [-0.2, 0) is 16.1 Å². The number of aromatic nitrogens is 1. The molecular formula is C20H23N5O4S. The van der Waals surface area contributed by atoms with Crippen LogP contribution in [0.4, 0.5) is 10.8 Å². The predicted molar refractivity (Wildman–Crippen MR) is 116 cm³/mol. The molecule has 0 unspecified atom stereocenters. The van der Waals surface area contributed by atoms with Crippen molar-refractivity contribution in [3.05, 3.63) is 50.5 Å². The SMILES string of the molecule is CC(=O)Nc1nc(/C=C\c2ccc([N+](=O)[O-])cc2)c(CN2CCN(C(C)=O)CC2)s1. The minimum Gasteiger partial charge on any atom is -0.340 e. The monoisotopic (exact) mass is 429 g/mol. The third-order valence-corrected chi connectivity index (χ3v) is 5.70. The van der Waals surface area contributed by atoms with Gasteiger partial charge in [0.05, 0.1) is 10.6 Å². The molecule has 10 heteroatoms. The molecule has 1 aliphatic heterocycles. The van der Waals surface area contributed by atoms with E-state index < -0.39 is 4.92 Å². The number of non-ortho nitro benzene ring substituents is 1. The van der Waals surface area contributed by atoms with Gasteiger partial charge in [0.25, 0.3) is 5.69 Å². The van der Waals surface area contributed by atoms with Gasteiger partial charge in [-0.15, -0.1) is 0 Å². The summed E-state index contributed by atoms with van der Waals surface area (Å²) in [6, 6.07) is 6.27. The fraction of sp³-hybridized carbons (Fsp3) is 0.350. The first-order valence-corrected chi connectivity index (χ1v) is 10.3. The normalized spacial score (nSPS) is 14.8. The van der Waals surface area contributed by atoms with Gasteiger partial charge >= 0.3 is 0 Å². The van der Waals surface area contributed by atoms with Crippen molar-refractivity contribution in [1.82, 2.24) is 14.8 Å². The number of amides is 2. The topological polar surface area (TPSA) is 109 Å². The van der Waals surface area contributed by atoms with E-state index in [1.54, 1.807) is 19.1 Å². The highest BCUT2D eigenvalue weighted by Crippen LogP contribution is 2.27. The Hall–Kier alpha value is -3.11. The second-order valence-corrected chi connectivity index (χ2v) is 8.06. The fourth-order valence-corrected chi connectivity index (χ4v) is 4.15. The van der Waals surface area contributed by atoms with Crippen molar-refractivity contribution < 1.29 is 14.5 Å². The third-order valence-electron chi connectivity index (χ3n) is 4.73. The number of hydrogen-bond donors (Lipinski definition) is 1. The van der Waals surface area contributed by atoms with E-state index in [1.165, 1.54) is 30.4 Å². The van der Waals surface area contributed by atoms with Gasteiger partial charge in [-0.2, -0.15) is 0 Å². The molecule has 1 aliphatic rings. The zero-order chi connectivity index (χ0) is 21.7. The van der Waals surface area contributed by atoms with E-state index in [0.717, 1.165) is 29.2 Å². The van der Waals surface area contributed by atoms with Crippen molar-refractivity contribution in [3.8, 4) is 0 Å². The Morgan fingerprint density at radius 3 is 2.40 bits per heavy atom. The van der Waals surface area contributed by atoms with E-state index in [9.17, 15) is 19.7 Å². The molecule has 3 rings (SSSR count). The van der Waals surface area contributed by atoms with E-state index in [2.05, 4.69) is 15.2 Å². The Labute approximate surface area is 178 Å². The summed E-state index contributed by atoms with van der Waals surface area (Å²) < 4.78 is 0. The summed E-state index contributed by atoms with van der Waals surface area (Å²) in [6.45, 7) is 6.63. The number of nitro groups is 1. The number of nitrogens with zero attached hydrogens (tertiary/aromatic N) is 4. The number of carbonyl (C=O) groups excluding carboxylic acids is 2. The molecule has 2 aromatic rings. The van der Waals surface area contributed by atoms with Crippen molar-refractivity contribution in [2.45, 2.75) is 20.4 Å². The van der Waals surface area contributed by atoms with Crippen molar-refractivity contribution >= 4 is 46.1 Å². The molecule has 1 aromatic heterocycles. The summed E-state index contributed by atoms with van der Waals surface area (Å²) in [5.74, 6) is -0.0941. The number of carbonyl (C=O) groups is 2. The van der Waals surface area contributed by atoms with Crippen molar-refractivity contribution in [2.75, 3.05) is 31.5 Å². The lowest BCUT2D eigenvalue weighted by atomic mass is 10.2. The number of piperazine rings is 1. The smallest absolute Gasteiger partial charge is 0.269 e. The molecule has 0 radical (unpaired) electrons. The number of nitrogens with one attached hydrogen (secondary N) is 1. The maximum absolute atomic E-state index is 11.5. The standard InChI is InChI=1S/C20H23N5O4S/c1-14(26)21-20-22-18(8-5-16-3-6-17(7-4-16)25(28)29)19(30-20)13-23-9-11-24(12-10-23)15(2)27/h3-8H,9-13H2,1-2H3,(H,21,22,26)/b8-5-. The first-order chi connectivity index (χ1) is 14.3. The number of rotatable bonds is 6. The molecule has 2 heterocycles. The Kier molecular flexibility index (Phi) is 6.91. The van der Waals surface area contributed by atoms with Crippen LogP contribution in [0.15, 0.2) is 24.3 Å². The molecular weight excluding hydrogens is 406 g/mol. The van der Waals surface area contributed by atoms with Crippen LogP contribution in [0.2, 0.25) is 0 Å². The molecule has 0 bridgehead atoms. The van der Waals surface area contributed by atoms with Crippen molar-refractivity contribution in [3.63, 3.8) is 0 Å². The van der Waals surface area contributed by atoms with Crippen LogP contribution in [0.5, 0.6) is 0 Å². The second kappa shape index (κ2) is 9.59. The Bertz CT molecular complexity index is 962. The van der Waals surface area contributed by atoms with E-state index in [-0.39, 0.29) is 17.5 Å². The zero-order valence-electron chi connectivity index (χ0n) is 16.8. The summed E-state index contributed by atoms with van der Waals surface area (Å²) >= 11 is 1.42. The molecule has 2 amide bonds. The van der Waals surface area contributed by atoms with E-state index in [4.69, 9.17) is 0 Å². The minimum absolute atomic E-state index is 0.0409. The fourth-order valence-electron chi connectivity index (χ4n) is 3.12. The molecule has 1 aromatic carbocycles. The Balaban J connectivity index is 1.75. The molecule has 0 aliphatic carbocycles. The van der Waals surface area contributed by atoms with Crippen LogP contribution >= 0.6 is 11.3 Å². The molecule has 1 saturated heterocycles. The lowest BCUT2D eigenvalue weighted by Gasteiger charge is -2.33. The van der Waals surface area contributed by atoms with Crippen LogP contribution in [-0.4, -0.2) is 57.7 Å². The van der Waals surface area contributed by atoms with Crippen LogP contribution in [0.3, 0.4) is 0 Å². The van der Waals surface area contributed by atoms with Gasteiger partial charge in [0.15, 0.2) is 5.13 Å². The van der Waals surface area contributed by atoms with Crippen molar-refractivity contribution in [1.29, 1.82) is 0 Å². The number of anilines is 1. The predicted octanol–water partition coefficient (Wildman–Crippen LogP) is 2.84. The van der Waals surface area contributed by atoms with Gasteiger partial charge in [-0.25, -0.2) is 4.98 Å². The highest BCUT2D eigenvalue weighted by Gasteiger charge is 2.21. The molecule has 9 nitrogen and oxygen atoms in total. The summed E-state index contributed by atoms with van der Waals surface area (Å²) in [5, 5.41) is 14.1. The second-order valence-electron chi connectivity index (χ2n) is 6.97. The van der Waals surface area contributed by atoms with Crippen LogP contribution in [0.25, 0.3) is 12.2 Å². The maximum Gasteiger partial charge on any atom is 0.269 e. The van der Waals surface area contributed by atoms with Crippen LogP contribution in [0, 0.1) is 10.1 Å². The largest absolute Gasteiger partial charge is 0.340 e. The van der Waals surface area contributed by atoms with E-state index >= 15 is 0 Å². The molecule has 158 valence electrons. The average molecular weight is 430 g/mol. The quantitative estimate of drug-likeness (QED) is 0.559. The number of benzene rings is 1. The van der Waals surface area contributed by atoms with Gasteiger partial charge in [0.2, 0.25) is 11.8 Å². The molecule has 1 fully saturated rings. The summed E-state index contributed by atoms with van der Waals surface area (Å²) in [7, 11) is 0. The first-order valence-electron chi connectivity index (χ1n) is 9.49. The highest BCUT2D eigenvalue weighted by atomic mass is 32.1. The lowest BCUT2D eigenvalue weighted by molar-refractivity contribution is -0.384. The van der Waals surface area contributed by atoms with Gasteiger partial charge in [-0.3, -0.25) is 24.6 Å². The summed E-state index contributed by atoms with van der Waals surface area (Å²) in [5.41, 5.74) is 1.60. The van der Waals surface area contributed by atoms with Gasteiger partial charge in [0.1, 0.15) is 0 Å². The third kappa shape index (κ3) is 5.71. The first kappa shape index (κ1) is 21.6. The van der Waals surface area contributed by atoms with E-state index in [1.807, 2.05) is 17.1 Å². The van der Waals surface area contributed by atoms with Crippen molar-refractivity contribution in [2.24, 2.45) is 0 Å². The molecule has 0 spiro atoms. The summed E-state index contributed by atoms with van der Waals surface area (Å²) in [4.78, 5) is 42.9. The highest BCUT2D eigenvalue weighted by molar-refractivity contribution is 7.16. The Morgan fingerprint density at radius 2 is 1.83 bits per heavy atom. The lowest BCUT2D eigenvalue weighted by Crippen LogP contribution is -2.47. The maximum atomic E-state index is 11.5. The summed E-state index contributed by atoms with van der Waals surface area (Å²) in [6.07, 6.45) is 3.69. The number of hydrogen-bond acceptors (Lipinski definition) is 7. The average Bonchev–Trinajstić information content (AvgIpc) is 3.07. The number of thiazole rings is 1. The molecule has 1 N–H and O–H groups in total. The van der Waals surface area contributed by atoms with Crippen LogP contribution in [0.1, 0.15) is 30.0 Å². The van der Waals surface area contributed by atoms with Gasteiger partial charge in [-0.1, -0.05) is 17.4 Å².